The number of ether oxygens (including phenoxy) is 2. The van der Waals surface area contributed by atoms with Gasteiger partial charge in [0.2, 0.25) is 0 Å². The van der Waals surface area contributed by atoms with Crippen molar-refractivity contribution in [3.63, 3.8) is 0 Å². The quantitative estimate of drug-likeness (QED) is 0.647. The van der Waals surface area contributed by atoms with Gasteiger partial charge in [0.1, 0.15) is 11.9 Å². The van der Waals surface area contributed by atoms with E-state index in [1.165, 1.54) is 6.07 Å². The number of rotatable bonds is 5. The molecule has 0 fully saturated rings. The van der Waals surface area contributed by atoms with Crippen LogP contribution in [0.5, 0.6) is 0 Å². The van der Waals surface area contributed by atoms with Crippen molar-refractivity contribution in [1.82, 2.24) is 0 Å². The van der Waals surface area contributed by atoms with Gasteiger partial charge >= 0.3 is 5.97 Å². The summed E-state index contributed by atoms with van der Waals surface area (Å²) in [6, 6.07) is 2.54. The Morgan fingerprint density at radius 2 is 2.17 bits per heavy atom. The lowest BCUT2D eigenvalue weighted by Crippen LogP contribution is -2.20. The second-order valence-electron chi connectivity index (χ2n) is 4.05. The van der Waals surface area contributed by atoms with Gasteiger partial charge in [-0.15, -0.1) is 0 Å². The van der Waals surface area contributed by atoms with Gasteiger partial charge in [-0.3, -0.25) is 0 Å². The van der Waals surface area contributed by atoms with Crippen molar-refractivity contribution in [2.24, 2.45) is 0 Å². The summed E-state index contributed by atoms with van der Waals surface area (Å²) in [5.74, 6) is -1.12. The van der Waals surface area contributed by atoms with E-state index in [1.54, 1.807) is 13.8 Å². The van der Waals surface area contributed by atoms with E-state index < -0.39 is 11.8 Å². The third kappa shape index (κ3) is 3.70. The maximum Gasteiger partial charge on any atom is 0.338 e. The Kier molecular flexibility index (Phi) is 5.09. The zero-order valence-corrected chi connectivity index (χ0v) is 10.8. The first kappa shape index (κ1) is 14.4. The molecule has 0 radical (unpaired) electrons. The van der Waals surface area contributed by atoms with Gasteiger partial charge in [0.25, 0.3) is 0 Å². The van der Waals surface area contributed by atoms with Crippen molar-refractivity contribution in [2.75, 3.05) is 18.9 Å². The zero-order chi connectivity index (χ0) is 13.7. The van der Waals surface area contributed by atoms with Crippen molar-refractivity contribution >= 4 is 11.7 Å². The van der Waals surface area contributed by atoms with Gasteiger partial charge in [0.15, 0.2) is 0 Å². The number of nitrogen functional groups attached to an aromatic ring is 1. The third-order valence-electron chi connectivity index (χ3n) is 2.49. The van der Waals surface area contributed by atoms with Gasteiger partial charge in [0, 0.05) is 17.9 Å². The zero-order valence-electron chi connectivity index (χ0n) is 10.8. The van der Waals surface area contributed by atoms with E-state index in [-0.39, 0.29) is 17.4 Å². The molecule has 0 bridgehead atoms. The molecule has 0 aromatic heterocycles. The first-order valence-corrected chi connectivity index (χ1v) is 5.80. The van der Waals surface area contributed by atoms with Crippen LogP contribution in [-0.2, 0) is 9.47 Å². The second kappa shape index (κ2) is 6.35. The summed E-state index contributed by atoms with van der Waals surface area (Å²) in [7, 11) is 0. The molecule has 0 saturated carbocycles. The van der Waals surface area contributed by atoms with Crippen LogP contribution in [0, 0.1) is 12.7 Å². The number of carbonyl (C=O) groups excluding carboxylic acids is 1. The Balaban J connectivity index is 2.73. The Bertz CT molecular complexity index is 411. The topological polar surface area (TPSA) is 61.5 Å². The van der Waals surface area contributed by atoms with Crippen molar-refractivity contribution < 1.29 is 18.7 Å². The van der Waals surface area contributed by atoms with E-state index in [1.807, 2.05) is 6.92 Å². The van der Waals surface area contributed by atoms with Crippen LogP contribution in [0.2, 0.25) is 0 Å². The highest BCUT2D eigenvalue weighted by atomic mass is 19.1. The predicted molar refractivity (Wildman–Crippen MR) is 66.9 cm³/mol. The molecule has 0 aliphatic rings. The first-order chi connectivity index (χ1) is 8.45. The first-order valence-electron chi connectivity index (χ1n) is 5.80. The van der Waals surface area contributed by atoms with Crippen molar-refractivity contribution in [1.29, 1.82) is 0 Å². The maximum atomic E-state index is 13.4. The van der Waals surface area contributed by atoms with Crippen molar-refractivity contribution in [2.45, 2.75) is 26.9 Å². The van der Waals surface area contributed by atoms with E-state index in [9.17, 15) is 9.18 Å². The molecule has 0 heterocycles. The van der Waals surface area contributed by atoms with Gasteiger partial charge in [-0.2, -0.15) is 0 Å². The number of nitrogens with two attached hydrogens (primary N) is 1. The number of halogens is 1. The van der Waals surface area contributed by atoms with E-state index in [0.29, 0.717) is 18.8 Å². The number of hydrogen-bond acceptors (Lipinski definition) is 4. The number of benzene rings is 1. The number of esters is 1. The highest BCUT2D eigenvalue weighted by molar-refractivity contribution is 5.90. The molecule has 1 unspecified atom stereocenters. The fourth-order valence-corrected chi connectivity index (χ4v) is 1.39. The Morgan fingerprint density at radius 3 is 2.72 bits per heavy atom. The van der Waals surface area contributed by atoms with Gasteiger partial charge in [-0.1, -0.05) is 0 Å². The molecule has 4 nitrogen and oxygen atoms in total. The second-order valence-corrected chi connectivity index (χ2v) is 4.05. The highest BCUT2D eigenvalue weighted by Gasteiger charge is 2.15. The minimum absolute atomic E-state index is 0.110. The SMILES string of the molecule is CCOCC(C)OC(=O)c1cc(N)c(C)c(F)c1. The van der Waals surface area contributed by atoms with Crippen LogP contribution in [0.1, 0.15) is 29.8 Å². The predicted octanol–water partition coefficient (Wildman–Crippen LogP) is 2.30. The Morgan fingerprint density at radius 1 is 1.50 bits per heavy atom. The fraction of sp³-hybridized carbons (Fsp3) is 0.462. The molecule has 0 spiro atoms. The van der Waals surface area contributed by atoms with Crippen LogP contribution in [0.15, 0.2) is 12.1 Å². The summed E-state index contributed by atoms with van der Waals surface area (Å²) < 4.78 is 23.7. The largest absolute Gasteiger partial charge is 0.457 e. The molecular formula is C13H18FNO3. The summed E-state index contributed by atoms with van der Waals surface area (Å²) in [4.78, 5) is 11.7. The fourth-order valence-electron chi connectivity index (χ4n) is 1.39. The van der Waals surface area contributed by atoms with Gasteiger partial charge < -0.3 is 15.2 Å². The number of anilines is 1. The van der Waals surface area contributed by atoms with Crippen LogP contribution in [0.25, 0.3) is 0 Å². The Labute approximate surface area is 106 Å². The average molecular weight is 255 g/mol. The standard InChI is InChI=1S/C13H18FNO3/c1-4-17-7-8(2)18-13(16)10-5-11(14)9(3)12(15)6-10/h5-6,8H,4,7,15H2,1-3H3. The molecule has 1 aromatic rings. The van der Waals surface area contributed by atoms with Crippen LogP contribution >= 0.6 is 0 Å². The van der Waals surface area contributed by atoms with Crippen LogP contribution < -0.4 is 5.73 Å². The summed E-state index contributed by atoms with van der Waals surface area (Å²) in [5.41, 5.74) is 6.27. The normalized spacial score (nSPS) is 12.2. The summed E-state index contributed by atoms with van der Waals surface area (Å²) >= 11 is 0. The van der Waals surface area contributed by atoms with Gasteiger partial charge in [-0.25, -0.2) is 9.18 Å². The lowest BCUT2D eigenvalue weighted by molar-refractivity contribution is 0.00436. The average Bonchev–Trinajstić information content (AvgIpc) is 2.32. The van der Waals surface area contributed by atoms with E-state index in [0.717, 1.165) is 6.07 Å². The van der Waals surface area contributed by atoms with E-state index in [4.69, 9.17) is 15.2 Å². The minimum Gasteiger partial charge on any atom is -0.457 e. The summed E-state index contributed by atoms with van der Waals surface area (Å²) in [5, 5.41) is 0. The summed E-state index contributed by atoms with van der Waals surface area (Å²) in [6.07, 6.45) is -0.386. The minimum atomic E-state index is -0.604. The Hall–Kier alpha value is -1.62. The molecule has 0 aliphatic carbocycles. The van der Waals surface area contributed by atoms with Crippen LogP contribution in [-0.4, -0.2) is 25.3 Å². The number of hydrogen-bond donors (Lipinski definition) is 1. The molecule has 1 rings (SSSR count). The molecule has 100 valence electrons. The van der Waals surface area contributed by atoms with Crippen LogP contribution in [0.3, 0.4) is 0 Å². The van der Waals surface area contributed by atoms with Gasteiger partial charge in [-0.05, 0) is 32.9 Å². The molecule has 2 N–H and O–H groups in total. The highest BCUT2D eigenvalue weighted by Crippen LogP contribution is 2.18. The molecule has 18 heavy (non-hydrogen) atoms. The molecule has 5 heteroatoms. The maximum absolute atomic E-state index is 13.4. The summed E-state index contributed by atoms with van der Waals surface area (Å²) in [6.45, 7) is 5.98. The molecule has 1 aromatic carbocycles. The smallest absolute Gasteiger partial charge is 0.338 e. The monoisotopic (exact) mass is 255 g/mol. The third-order valence-corrected chi connectivity index (χ3v) is 2.49. The van der Waals surface area contributed by atoms with E-state index >= 15 is 0 Å². The molecular weight excluding hydrogens is 237 g/mol. The van der Waals surface area contributed by atoms with E-state index in [2.05, 4.69) is 0 Å². The molecule has 1 atom stereocenters. The number of carbonyl (C=O) groups is 1. The molecule has 0 saturated heterocycles. The molecule has 0 amide bonds. The lowest BCUT2D eigenvalue weighted by Gasteiger charge is -2.13. The van der Waals surface area contributed by atoms with Gasteiger partial charge in [0.05, 0.1) is 12.2 Å². The lowest BCUT2D eigenvalue weighted by atomic mass is 10.1. The van der Waals surface area contributed by atoms with Crippen molar-refractivity contribution in [3.8, 4) is 0 Å². The van der Waals surface area contributed by atoms with Crippen LogP contribution in [0.4, 0.5) is 10.1 Å². The molecule has 0 aliphatic heterocycles. The van der Waals surface area contributed by atoms with Crippen molar-refractivity contribution in [3.05, 3.63) is 29.1 Å².